The zero-order valence-corrected chi connectivity index (χ0v) is 16.1. The molecule has 0 spiro atoms. The molecule has 0 saturated carbocycles. The number of para-hydroxylation sites is 1. The minimum absolute atomic E-state index is 0.00121. The van der Waals surface area contributed by atoms with Crippen LogP contribution < -0.4 is 10.2 Å². The van der Waals surface area contributed by atoms with Crippen molar-refractivity contribution in [3.63, 3.8) is 0 Å². The van der Waals surface area contributed by atoms with Crippen LogP contribution in [0.2, 0.25) is 0 Å². The Bertz CT molecular complexity index is 1260. The number of non-ortho nitro benzene ring substituents is 1. The Morgan fingerprint density at radius 2 is 1.94 bits per heavy atom. The molecule has 0 aliphatic carbocycles. The van der Waals surface area contributed by atoms with Gasteiger partial charge in [0.15, 0.2) is 6.61 Å². The van der Waals surface area contributed by atoms with Crippen LogP contribution in [0, 0.1) is 10.1 Å². The Labute approximate surface area is 176 Å². The first-order valence-electron chi connectivity index (χ1n) is 9.23. The third-order valence-electron chi connectivity index (χ3n) is 4.32. The number of hydrazone groups is 1. The van der Waals surface area contributed by atoms with E-state index in [0.717, 1.165) is 5.39 Å². The molecule has 0 atom stereocenters. The minimum atomic E-state index is -0.465. The van der Waals surface area contributed by atoms with E-state index in [2.05, 4.69) is 15.5 Å². The quantitative estimate of drug-likeness (QED) is 0.277. The molecule has 154 valence electrons. The maximum absolute atomic E-state index is 12.0. The fourth-order valence-corrected chi connectivity index (χ4v) is 2.86. The smallest absolute Gasteiger partial charge is 0.277 e. The van der Waals surface area contributed by atoms with Crippen molar-refractivity contribution < 1.29 is 18.9 Å². The molecule has 9 nitrogen and oxygen atoms in total. The summed E-state index contributed by atoms with van der Waals surface area (Å²) in [6, 6.07) is 18.6. The van der Waals surface area contributed by atoms with Crippen LogP contribution >= 0.6 is 0 Å². The Morgan fingerprint density at radius 1 is 1.13 bits per heavy atom. The molecular weight excluding hydrogens is 400 g/mol. The molecule has 1 N–H and O–H groups in total. The highest BCUT2D eigenvalue weighted by Gasteiger charge is 2.09. The summed E-state index contributed by atoms with van der Waals surface area (Å²) in [7, 11) is 0. The van der Waals surface area contributed by atoms with Gasteiger partial charge in [-0.15, -0.1) is 0 Å². The maximum atomic E-state index is 12.0. The van der Waals surface area contributed by atoms with Gasteiger partial charge in [0, 0.05) is 29.3 Å². The highest BCUT2D eigenvalue weighted by atomic mass is 16.6. The van der Waals surface area contributed by atoms with Crippen molar-refractivity contribution in [2.45, 2.75) is 0 Å². The van der Waals surface area contributed by atoms with Gasteiger partial charge in [0.1, 0.15) is 22.8 Å². The third kappa shape index (κ3) is 4.73. The number of aromatic nitrogens is 1. The van der Waals surface area contributed by atoms with Crippen LogP contribution in [0.25, 0.3) is 22.2 Å². The molecule has 2 aromatic heterocycles. The van der Waals surface area contributed by atoms with Gasteiger partial charge in [0.2, 0.25) is 0 Å². The van der Waals surface area contributed by atoms with Crippen LogP contribution in [0.5, 0.6) is 5.75 Å². The first kappa shape index (κ1) is 19.8. The number of nitro benzene ring substituents is 1. The number of hydrogen-bond donors (Lipinski definition) is 1. The standard InChI is InChI=1S/C22H16N4O5/c27-21(14-30-20-5-1-3-16-4-2-12-23-22(16)20)25-24-13-18-10-11-19(31-18)15-6-8-17(9-7-15)26(28)29/h1-13H,14H2,(H,25,27)/b24-13-. The van der Waals surface area contributed by atoms with Gasteiger partial charge in [-0.2, -0.15) is 5.10 Å². The van der Waals surface area contributed by atoms with Gasteiger partial charge in [0.05, 0.1) is 11.1 Å². The van der Waals surface area contributed by atoms with Crippen molar-refractivity contribution in [3.05, 3.63) is 88.8 Å². The second kappa shape index (κ2) is 8.87. The molecule has 0 radical (unpaired) electrons. The van der Waals surface area contributed by atoms with Gasteiger partial charge in [-0.25, -0.2) is 5.43 Å². The number of furan rings is 1. The SMILES string of the molecule is O=C(COc1cccc2cccnc12)N/N=C\c1ccc(-c2ccc([N+](=O)[O-])cc2)o1. The van der Waals surface area contributed by atoms with Gasteiger partial charge in [-0.1, -0.05) is 18.2 Å². The zero-order valence-electron chi connectivity index (χ0n) is 16.1. The Morgan fingerprint density at radius 3 is 2.74 bits per heavy atom. The van der Waals surface area contributed by atoms with Crippen LogP contribution in [-0.4, -0.2) is 28.6 Å². The lowest BCUT2D eigenvalue weighted by atomic mass is 10.1. The van der Waals surface area contributed by atoms with E-state index in [9.17, 15) is 14.9 Å². The lowest BCUT2D eigenvalue weighted by molar-refractivity contribution is -0.384. The van der Waals surface area contributed by atoms with Crippen LogP contribution in [-0.2, 0) is 4.79 Å². The van der Waals surface area contributed by atoms with Crippen LogP contribution in [0.15, 0.2) is 82.4 Å². The molecule has 4 aromatic rings. The number of benzene rings is 2. The fraction of sp³-hybridized carbons (Fsp3) is 0.0455. The normalized spacial score (nSPS) is 11.0. The summed E-state index contributed by atoms with van der Waals surface area (Å²) >= 11 is 0. The van der Waals surface area contributed by atoms with Crippen molar-refractivity contribution in [2.75, 3.05) is 6.61 Å². The first-order valence-corrected chi connectivity index (χ1v) is 9.23. The molecule has 1 amide bonds. The molecule has 0 saturated heterocycles. The average molecular weight is 416 g/mol. The Balaban J connectivity index is 1.32. The molecule has 9 heteroatoms. The van der Waals surface area contributed by atoms with Crippen molar-refractivity contribution in [1.29, 1.82) is 0 Å². The summed E-state index contributed by atoms with van der Waals surface area (Å²) in [6.07, 6.45) is 3.01. The molecule has 0 aliphatic heterocycles. The van der Waals surface area contributed by atoms with Crippen molar-refractivity contribution in [2.24, 2.45) is 5.10 Å². The summed E-state index contributed by atoms with van der Waals surface area (Å²) in [4.78, 5) is 26.5. The highest BCUT2D eigenvalue weighted by Crippen LogP contribution is 2.24. The van der Waals surface area contributed by atoms with Gasteiger partial charge in [0.25, 0.3) is 11.6 Å². The Kier molecular flexibility index (Phi) is 5.66. The summed E-state index contributed by atoms with van der Waals surface area (Å²) in [5.74, 6) is 1.00. The molecule has 2 heterocycles. The molecular formula is C22H16N4O5. The maximum Gasteiger partial charge on any atom is 0.277 e. The predicted molar refractivity (Wildman–Crippen MR) is 114 cm³/mol. The van der Waals surface area contributed by atoms with E-state index < -0.39 is 10.8 Å². The summed E-state index contributed by atoms with van der Waals surface area (Å²) < 4.78 is 11.2. The number of nitrogens with zero attached hydrogens (tertiary/aromatic N) is 3. The number of ether oxygens (including phenoxy) is 1. The number of carbonyl (C=O) groups is 1. The van der Waals surface area contributed by atoms with E-state index >= 15 is 0 Å². The van der Waals surface area contributed by atoms with Gasteiger partial charge in [-0.05, 0) is 36.4 Å². The molecule has 0 fully saturated rings. The topological polar surface area (TPSA) is 120 Å². The lowest BCUT2D eigenvalue weighted by Crippen LogP contribution is -2.24. The molecule has 0 unspecified atom stereocenters. The third-order valence-corrected chi connectivity index (χ3v) is 4.32. The van der Waals surface area contributed by atoms with Crippen LogP contribution in [0.3, 0.4) is 0 Å². The van der Waals surface area contributed by atoms with Gasteiger partial charge in [-0.3, -0.25) is 19.9 Å². The number of fused-ring (bicyclic) bond motifs is 1. The number of nitro groups is 1. The van der Waals surface area contributed by atoms with Crippen molar-refractivity contribution in [1.82, 2.24) is 10.4 Å². The summed E-state index contributed by atoms with van der Waals surface area (Å²) in [5.41, 5.74) is 3.73. The number of carbonyl (C=O) groups excluding carboxylic acids is 1. The molecule has 0 bridgehead atoms. The summed E-state index contributed by atoms with van der Waals surface area (Å²) in [5, 5.41) is 15.5. The molecule has 31 heavy (non-hydrogen) atoms. The van der Waals surface area contributed by atoms with Crippen molar-refractivity contribution in [3.8, 4) is 17.1 Å². The fourth-order valence-electron chi connectivity index (χ4n) is 2.86. The summed E-state index contributed by atoms with van der Waals surface area (Å²) in [6.45, 7) is -0.223. The number of amides is 1. The van der Waals surface area contributed by atoms with Crippen LogP contribution in [0.1, 0.15) is 5.76 Å². The average Bonchev–Trinajstić information content (AvgIpc) is 3.26. The lowest BCUT2D eigenvalue weighted by Gasteiger charge is -2.07. The molecule has 4 rings (SSSR count). The number of pyridine rings is 1. The van der Waals surface area contributed by atoms with Gasteiger partial charge >= 0.3 is 0 Å². The van der Waals surface area contributed by atoms with E-state index in [4.69, 9.17) is 9.15 Å². The zero-order chi connectivity index (χ0) is 21.6. The van der Waals surface area contributed by atoms with E-state index in [1.807, 2.05) is 24.3 Å². The minimum Gasteiger partial charge on any atom is -0.481 e. The van der Waals surface area contributed by atoms with Crippen LogP contribution in [0.4, 0.5) is 5.69 Å². The van der Waals surface area contributed by atoms with Crippen molar-refractivity contribution >= 4 is 28.7 Å². The largest absolute Gasteiger partial charge is 0.481 e. The Hall–Kier alpha value is -4.53. The van der Waals surface area contributed by atoms with E-state index in [1.165, 1.54) is 18.3 Å². The number of nitrogens with one attached hydrogen (secondary N) is 1. The molecule has 2 aromatic carbocycles. The highest BCUT2D eigenvalue weighted by molar-refractivity contribution is 5.85. The monoisotopic (exact) mass is 416 g/mol. The van der Waals surface area contributed by atoms with Gasteiger partial charge < -0.3 is 9.15 Å². The second-order valence-electron chi connectivity index (χ2n) is 6.42. The number of hydrogen-bond acceptors (Lipinski definition) is 7. The second-order valence-corrected chi connectivity index (χ2v) is 6.42. The molecule has 0 aliphatic rings. The first-order chi connectivity index (χ1) is 15.1. The number of rotatable bonds is 7. The van der Waals surface area contributed by atoms with E-state index in [1.54, 1.807) is 36.5 Å². The predicted octanol–water partition coefficient (Wildman–Crippen LogP) is 3.93. The van der Waals surface area contributed by atoms with E-state index in [-0.39, 0.29) is 12.3 Å². The van der Waals surface area contributed by atoms with E-state index in [0.29, 0.717) is 28.4 Å².